The lowest BCUT2D eigenvalue weighted by molar-refractivity contribution is 0.102. The first-order valence-electron chi connectivity index (χ1n) is 5.76. The van der Waals surface area contributed by atoms with Gasteiger partial charge in [0, 0.05) is 22.7 Å². The zero-order valence-corrected chi connectivity index (χ0v) is 12.3. The molecule has 0 radical (unpaired) electrons. The number of aromatic nitrogens is 3. The molecule has 20 heavy (non-hydrogen) atoms. The summed E-state index contributed by atoms with van der Waals surface area (Å²) >= 11 is 2.72. The van der Waals surface area contributed by atoms with Gasteiger partial charge in [-0.3, -0.25) is 19.3 Å². The predicted molar refractivity (Wildman–Crippen MR) is 78.9 cm³/mol. The second kappa shape index (κ2) is 4.80. The number of carbonyl (C=O) groups is 1. The standard InChI is InChI=1S/C12H10N4O2S2/c1-6-7(2)20-11(14-6)15-9(17)8-5-13-12-16(10(8)18)3-4-19-12/h3-5H,1-2H3,(H,14,15,17). The Morgan fingerprint density at radius 1 is 1.40 bits per heavy atom. The van der Waals surface area contributed by atoms with Crippen LogP contribution in [0.5, 0.6) is 0 Å². The van der Waals surface area contributed by atoms with Gasteiger partial charge in [0.2, 0.25) is 0 Å². The molecule has 3 aromatic rings. The van der Waals surface area contributed by atoms with Gasteiger partial charge >= 0.3 is 0 Å². The molecule has 3 heterocycles. The van der Waals surface area contributed by atoms with Crippen LogP contribution in [0.15, 0.2) is 22.6 Å². The van der Waals surface area contributed by atoms with E-state index in [9.17, 15) is 9.59 Å². The van der Waals surface area contributed by atoms with Gasteiger partial charge in [0.1, 0.15) is 5.56 Å². The van der Waals surface area contributed by atoms with Crippen LogP contribution in [-0.4, -0.2) is 20.3 Å². The molecule has 0 atom stereocenters. The fourth-order valence-corrected chi connectivity index (χ4v) is 3.16. The van der Waals surface area contributed by atoms with Gasteiger partial charge in [-0.2, -0.15) is 0 Å². The third kappa shape index (κ3) is 2.12. The molecule has 8 heteroatoms. The molecule has 3 aromatic heterocycles. The van der Waals surface area contributed by atoms with E-state index in [4.69, 9.17) is 0 Å². The maximum atomic E-state index is 12.1. The lowest BCUT2D eigenvalue weighted by atomic mass is 10.3. The molecular formula is C12H10N4O2S2. The highest BCUT2D eigenvalue weighted by Crippen LogP contribution is 2.21. The highest BCUT2D eigenvalue weighted by atomic mass is 32.1. The van der Waals surface area contributed by atoms with E-state index in [1.165, 1.54) is 33.3 Å². The van der Waals surface area contributed by atoms with Gasteiger partial charge in [0.05, 0.1) is 5.69 Å². The Labute approximate surface area is 121 Å². The maximum absolute atomic E-state index is 12.1. The van der Waals surface area contributed by atoms with Gasteiger partial charge < -0.3 is 0 Å². The van der Waals surface area contributed by atoms with E-state index in [1.54, 1.807) is 11.6 Å². The van der Waals surface area contributed by atoms with E-state index in [0.29, 0.717) is 10.1 Å². The summed E-state index contributed by atoms with van der Waals surface area (Å²) in [5.74, 6) is -0.489. The van der Waals surface area contributed by atoms with Crippen molar-refractivity contribution < 1.29 is 4.79 Å². The number of nitrogens with zero attached hydrogens (tertiary/aromatic N) is 3. The fraction of sp³-hybridized carbons (Fsp3) is 0.167. The molecule has 0 aliphatic carbocycles. The third-order valence-corrected chi connectivity index (χ3v) is 4.60. The molecule has 0 unspecified atom stereocenters. The highest BCUT2D eigenvalue weighted by Gasteiger charge is 2.15. The largest absolute Gasteiger partial charge is 0.298 e. The second-order valence-electron chi connectivity index (χ2n) is 4.15. The van der Waals surface area contributed by atoms with E-state index in [2.05, 4.69) is 15.3 Å². The number of hydrogen-bond donors (Lipinski definition) is 1. The molecule has 0 aliphatic rings. The molecule has 0 aliphatic heterocycles. The summed E-state index contributed by atoms with van der Waals surface area (Å²) in [6, 6.07) is 0. The highest BCUT2D eigenvalue weighted by molar-refractivity contribution is 7.15. The summed E-state index contributed by atoms with van der Waals surface area (Å²) in [5.41, 5.74) is 0.499. The molecule has 102 valence electrons. The number of hydrogen-bond acceptors (Lipinski definition) is 6. The zero-order valence-electron chi connectivity index (χ0n) is 10.7. The Kier molecular flexibility index (Phi) is 3.11. The Hall–Kier alpha value is -2.06. The van der Waals surface area contributed by atoms with E-state index in [-0.39, 0.29) is 11.1 Å². The van der Waals surface area contributed by atoms with E-state index >= 15 is 0 Å². The van der Waals surface area contributed by atoms with Crippen molar-refractivity contribution in [2.45, 2.75) is 13.8 Å². The van der Waals surface area contributed by atoms with Crippen LogP contribution in [0, 0.1) is 13.8 Å². The molecule has 3 rings (SSSR count). The first-order valence-corrected chi connectivity index (χ1v) is 7.46. The van der Waals surface area contributed by atoms with Crippen molar-refractivity contribution in [3.05, 3.63) is 44.3 Å². The van der Waals surface area contributed by atoms with Gasteiger partial charge in [-0.05, 0) is 13.8 Å². The van der Waals surface area contributed by atoms with Gasteiger partial charge in [0.25, 0.3) is 11.5 Å². The van der Waals surface area contributed by atoms with Crippen LogP contribution < -0.4 is 10.9 Å². The summed E-state index contributed by atoms with van der Waals surface area (Å²) in [6.07, 6.45) is 2.90. The third-order valence-electron chi connectivity index (χ3n) is 2.84. The van der Waals surface area contributed by atoms with E-state index in [1.807, 2.05) is 13.8 Å². The number of rotatable bonds is 2. The van der Waals surface area contributed by atoms with Crippen molar-refractivity contribution in [3.63, 3.8) is 0 Å². The zero-order chi connectivity index (χ0) is 14.3. The van der Waals surface area contributed by atoms with Crippen molar-refractivity contribution in [3.8, 4) is 0 Å². The number of amides is 1. The molecule has 6 nitrogen and oxygen atoms in total. The lowest BCUT2D eigenvalue weighted by Crippen LogP contribution is -2.25. The summed E-state index contributed by atoms with van der Waals surface area (Å²) in [4.78, 5) is 34.2. The second-order valence-corrected chi connectivity index (χ2v) is 6.22. The number of anilines is 1. The van der Waals surface area contributed by atoms with Crippen molar-refractivity contribution in [1.29, 1.82) is 0 Å². The molecule has 0 spiro atoms. The molecule has 0 saturated heterocycles. The Morgan fingerprint density at radius 3 is 2.90 bits per heavy atom. The molecule has 0 aromatic carbocycles. The van der Waals surface area contributed by atoms with Crippen LogP contribution in [0.1, 0.15) is 20.9 Å². The SMILES string of the molecule is Cc1nc(NC(=O)c2cnc3sccn3c2=O)sc1C. The maximum Gasteiger partial charge on any atom is 0.271 e. The predicted octanol–water partition coefficient (Wildman–Crippen LogP) is 2.08. The number of carbonyl (C=O) groups excluding carboxylic acids is 1. The van der Waals surface area contributed by atoms with Crippen molar-refractivity contribution in [2.75, 3.05) is 5.32 Å². The molecule has 1 amide bonds. The molecule has 0 saturated carbocycles. The van der Waals surface area contributed by atoms with Crippen LogP contribution in [0.4, 0.5) is 5.13 Å². The minimum absolute atomic E-state index is 0.00593. The van der Waals surface area contributed by atoms with Crippen molar-refractivity contribution in [2.24, 2.45) is 0 Å². The van der Waals surface area contributed by atoms with Crippen molar-refractivity contribution >= 4 is 38.7 Å². The first kappa shape index (κ1) is 12.9. The van der Waals surface area contributed by atoms with Gasteiger partial charge in [-0.15, -0.1) is 22.7 Å². The average Bonchev–Trinajstić information content (AvgIpc) is 2.98. The summed E-state index contributed by atoms with van der Waals surface area (Å²) in [6.45, 7) is 3.80. The first-order chi connectivity index (χ1) is 9.56. The minimum atomic E-state index is -0.489. The van der Waals surface area contributed by atoms with E-state index in [0.717, 1.165) is 10.6 Å². The Morgan fingerprint density at radius 2 is 2.20 bits per heavy atom. The van der Waals surface area contributed by atoms with Crippen LogP contribution in [-0.2, 0) is 0 Å². The van der Waals surface area contributed by atoms with Crippen LogP contribution in [0.25, 0.3) is 4.96 Å². The summed E-state index contributed by atoms with van der Waals surface area (Å²) in [7, 11) is 0. The topological polar surface area (TPSA) is 76.4 Å². The van der Waals surface area contributed by atoms with Crippen molar-refractivity contribution in [1.82, 2.24) is 14.4 Å². The normalized spacial score (nSPS) is 10.9. The molecular weight excluding hydrogens is 296 g/mol. The average molecular weight is 306 g/mol. The van der Waals surface area contributed by atoms with Gasteiger partial charge in [-0.1, -0.05) is 0 Å². The Balaban J connectivity index is 1.96. The molecule has 0 fully saturated rings. The number of nitrogens with one attached hydrogen (secondary N) is 1. The number of fused-ring (bicyclic) bond motifs is 1. The van der Waals surface area contributed by atoms with Crippen LogP contribution >= 0.6 is 22.7 Å². The Bertz CT molecular complexity index is 842. The number of aryl methyl sites for hydroxylation is 2. The molecule has 1 N–H and O–H groups in total. The number of thiazole rings is 2. The quantitative estimate of drug-likeness (QED) is 0.786. The summed E-state index contributed by atoms with van der Waals surface area (Å²) in [5, 5.41) is 4.87. The fourth-order valence-electron chi connectivity index (χ4n) is 1.67. The van der Waals surface area contributed by atoms with Gasteiger partial charge in [0.15, 0.2) is 10.1 Å². The minimum Gasteiger partial charge on any atom is -0.298 e. The lowest BCUT2D eigenvalue weighted by Gasteiger charge is -2.01. The van der Waals surface area contributed by atoms with Crippen LogP contribution in [0.3, 0.4) is 0 Å². The smallest absolute Gasteiger partial charge is 0.271 e. The van der Waals surface area contributed by atoms with Gasteiger partial charge in [-0.25, -0.2) is 9.97 Å². The summed E-state index contributed by atoms with van der Waals surface area (Å²) < 4.78 is 1.36. The van der Waals surface area contributed by atoms with E-state index < -0.39 is 5.91 Å². The molecule has 0 bridgehead atoms. The van der Waals surface area contributed by atoms with Crippen LogP contribution in [0.2, 0.25) is 0 Å². The monoisotopic (exact) mass is 306 g/mol.